The molecule has 114 valence electrons. The van der Waals surface area contributed by atoms with E-state index in [2.05, 4.69) is 26.3 Å². The number of aryl methyl sites for hydroxylation is 2. The van der Waals surface area contributed by atoms with Gasteiger partial charge in [0.15, 0.2) is 0 Å². The molecule has 0 spiro atoms. The van der Waals surface area contributed by atoms with Crippen molar-refractivity contribution < 1.29 is 8.78 Å². The summed E-state index contributed by atoms with van der Waals surface area (Å²) in [7, 11) is 1.68. The Balaban J connectivity index is 2.60. The van der Waals surface area contributed by atoms with Gasteiger partial charge in [0.25, 0.3) is 0 Å². The van der Waals surface area contributed by atoms with Crippen molar-refractivity contribution in [2.24, 2.45) is 0 Å². The van der Waals surface area contributed by atoms with Crippen molar-refractivity contribution in [1.82, 2.24) is 15.1 Å². The molecule has 2 rings (SSSR count). The van der Waals surface area contributed by atoms with Gasteiger partial charge in [-0.1, -0.05) is 6.92 Å². The van der Waals surface area contributed by atoms with Gasteiger partial charge in [-0.25, -0.2) is 8.78 Å². The molecule has 0 saturated carbocycles. The van der Waals surface area contributed by atoms with Crippen LogP contribution in [0.1, 0.15) is 36.8 Å². The lowest BCUT2D eigenvalue weighted by Crippen LogP contribution is -2.23. The summed E-state index contributed by atoms with van der Waals surface area (Å²) in [6, 6.07) is 3.94. The van der Waals surface area contributed by atoms with Gasteiger partial charge < -0.3 is 5.32 Å². The van der Waals surface area contributed by atoms with Gasteiger partial charge in [-0.3, -0.25) is 4.68 Å². The van der Waals surface area contributed by atoms with Crippen LogP contribution in [0.2, 0.25) is 0 Å². The lowest BCUT2D eigenvalue weighted by atomic mass is 10.0. The molecular formula is C15H18BrF2N3. The molecule has 1 atom stereocenters. The van der Waals surface area contributed by atoms with Gasteiger partial charge in [0.1, 0.15) is 11.6 Å². The van der Waals surface area contributed by atoms with E-state index in [9.17, 15) is 8.78 Å². The minimum Gasteiger partial charge on any atom is -0.308 e. The third-order valence-electron chi connectivity index (χ3n) is 3.48. The minimum absolute atomic E-state index is 0.00382. The first-order valence-electron chi connectivity index (χ1n) is 6.90. The molecule has 0 fully saturated rings. The number of hydrogen-bond donors (Lipinski definition) is 1. The van der Waals surface area contributed by atoms with Gasteiger partial charge in [-0.05, 0) is 54.5 Å². The maximum absolute atomic E-state index is 14.4. The number of halogens is 3. The molecule has 0 radical (unpaired) electrons. The predicted molar refractivity (Wildman–Crippen MR) is 82.2 cm³/mol. The van der Waals surface area contributed by atoms with Gasteiger partial charge in [-0.2, -0.15) is 5.10 Å². The summed E-state index contributed by atoms with van der Waals surface area (Å²) in [6.45, 7) is 4.60. The molecule has 1 heterocycles. The highest BCUT2D eigenvalue weighted by molar-refractivity contribution is 9.10. The van der Waals surface area contributed by atoms with Crippen LogP contribution in [0.4, 0.5) is 8.78 Å². The normalized spacial score (nSPS) is 12.7. The Kier molecular flexibility index (Phi) is 5.11. The first-order valence-corrected chi connectivity index (χ1v) is 7.70. The fourth-order valence-electron chi connectivity index (χ4n) is 2.39. The van der Waals surface area contributed by atoms with Gasteiger partial charge in [-0.15, -0.1) is 0 Å². The Morgan fingerprint density at radius 3 is 2.62 bits per heavy atom. The lowest BCUT2D eigenvalue weighted by molar-refractivity contribution is 0.494. The lowest BCUT2D eigenvalue weighted by Gasteiger charge is -2.19. The smallest absolute Gasteiger partial charge is 0.145 e. The van der Waals surface area contributed by atoms with Gasteiger partial charge in [0, 0.05) is 12.1 Å². The van der Waals surface area contributed by atoms with Crippen LogP contribution < -0.4 is 5.32 Å². The predicted octanol–water partition coefficient (Wildman–Crippen LogP) is 3.81. The molecule has 2 aromatic rings. The summed E-state index contributed by atoms with van der Waals surface area (Å²) in [4.78, 5) is 0. The Morgan fingerprint density at radius 1 is 1.33 bits per heavy atom. The molecule has 0 aliphatic carbocycles. The molecule has 0 aliphatic heterocycles. The van der Waals surface area contributed by atoms with Crippen molar-refractivity contribution >= 4 is 15.9 Å². The third-order valence-corrected chi connectivity index (χ3v) is 4.09. The summed E-state index contributed by atoms with van der Waals surface area (Å²) in [5.41, 5.74) is 1.67. The highest BCUT2D eigenvalue weighted by Gasteiger charge is 2.25. The molecular weight excluding hydrogens is 340 g/mol. The van der Waals surface area contributed by atoms with Crippen LogP contribution in [0.3, 0.4) is 0 Å². The van der Waals surface area contributed by atoms with Crippen molar-refractivity contribution in [2.45, 2.75) is 32.9 Å². The molecule has 3 nitrogen and oxygen atoms in total. The molecule has 6 heteroatoms. The fourth-order valence-corrected chi connectivity index (χ4v) is 2.74. The molecule has 0 aliphatic rings. The molecule has 0 saturated heterocycles. The number of rotatable bonds is 5. The number of nitrogens with zero attached hydrogens (tertiary/aromatic N) is 2. The maximum atomic E-state index is 14.4. The number of hydrogen-bond acceptors (Lipinski definition) is 2. The van der Waals surface area contributed by atoms with Crippen molar-refractivity contribution in [3.63, 3.8) is 0 Å². The van der Waals surface area contributed by atoms with E-state index in [0.29, 0.717) is 6.54 Å². The van der Waals surface area contributed by atoms with Crippen molar-refractivity contribution in [1.29, 1.82) is 0 Å². The highest BCUT2D eigenvalue weighted by Crippen LogP contribution is 2.31. The average molecular weight is 358 g/mol. The number of nitrogens with one attached hydrogen (secondary N) is 1. The van der Waals surface area contributed by atoms with E-state index >= 15 is 0 Å². The number of aromatic nitrogens is 2. The van der Waals surface area contributed by atoms with Gasteiger partial charge in [0.2, 0.25) is 0 Å². The molecule has 0 amide bonds. The second kappa shape index (κ2) is 6.66. The van der Waals surface area contributed by atoms with Crippen molar-refractivity contribution in [3.05, 3.63) is 51.3 Å². The first-order chi connectivity index (χ1) is 10.0. The second-order valence-corrected chi connectivity index (χ2v) is 5.56. The van der Waals surface area contributed by atoms with E-state index in [1.807, 2.05) is 19.9 Å². The van der Waals surface area contributed by atoms with E-state index in [0.717, 1.165) is 17.8 Å². The highest BCUT2D eigenvalue weighted by atomic mass is 79.9. The molecule has 1 aromatic heterocycles. The Bertz CT molecular complexity index is 640. The van der Waals surface area contributed by atoms with Crippen LogP contribution in [0, 0.1) is 11.6 Å². The van der Waals surface area contributed by atoms with Crippen LogP contribution in [0.15, 0.2) is 22.7 Å². The summed E-state index contributed by atoms with van der Waals surface area (Å²) >= 11 is 3.11. The topological polar surface area (TPSA) is 29.9 Å². The van der Waals surface area contributed by atoms with E-state index in [-0.39, 0.29) is 10.0 Å². The van der Waals surface area contributed by atoms with E-state index < -0.39 is 17.7 Å². The third kappa shape index (κ3) is 3.01. The molecule has 0 bridgehead atoms. The Labute approximate surface area is 131 Å². The Morgan fingerprint density at radius 2 is 2.05 bits per heavy atom. The SMILES string of the molecule is CCc1cc(C(NC)c2c(F)ccc(Br)c2F)n(CC)n1. The standard InChI is InChI=1S/C15H18BrF2N3/c1-4-9-8-12(21(5-2)20-9)15(19-3)13-11(17)7-6-10(16)14(13)18/h6-8,15,19H,4-5H2,1-3H3. The first kappa shape index (κ1) is 16.1. The molecule has 1 unspecified atom stereocenters. The van der Waals surface area contributed by atoms with Gasteiger partial charge >= 0.3 is 0 Å². The van der Waals surface area contributed by atoms with E-state index in [4.69, 9.17) is 0 Å². The number of benzene rings is 1. The molecule has 1 aromatic carbocycles. The van der Waals surface area contributed by atoms with Gasteiger partial charge in [0.05, 0.1) is 21.9 Å². The molecule has 21 heavy (non-hydrogen) atoms. The second-order valence-electron chi connectivity index (χ2n) is 4.71. The summed E-state index contributed by atoms with van der Waals surface area (Å²) in [5, 5.41) is 7.44. The van der Waals surface area contributed by atoms with Crippen LogP contribution in [0.5, 0.6) is 0 Å². The zero-order valence-electron chi connectivity index (χ0n) is 12.3. The van der Waals surface area contributed by atoms with Crippen LogP contribution >= 0.6 is 15.9 Å². The average Bonchev–Trinajstić information content (AvgIpc) is 2.90. The summed E-state index contributed by atoms with van der Waals surface area (Å²) in [5.74, 6) is -1.16. The van der Waals surface area contributed by atoms with E-state index in [1.165, 1.54) is 12.1 Å². The molecule has 1 N–H and O–H groups in total. The van der Waals surface area contributed by atoms with Crippen molar-refractivity contribution in [2.75, 3.05) is 7.05 Å². The van der Waals surface area contributed by atoms with Crippen LogP contribution in [-0.4, -0.2) is 16.8 Å². The zero-order valence-corrected chi connectivity index (χ0v) is 13.8. The summed E-state index contributed by atoms with van der Waals surface area (Å²) < 4.78 is 30.5. The van der Waals surface area contributed by atoms with E-state index in [1.54, 1.807) is 11.7 Å². The van der Waals surface area contributed by atoms with Crippen LogP contribution in [-0.2, 0) is 13.0 Å². The quantitative estimate of drug-likeness (QED) is 0.824. The zero-order chi connectivity index (χ0) is 15.6. The monoisotopic (exact) mass is 357 g/mol. The Hall–Kier alpha value is -1.27. The van der Waals surface area contributed by atoms with Crippen molar-refractivity contribution in [3.8, 4) is 0 Å². The maximum Gasteiger partial charge on any atom is 0.145 e. The fraction of sp³-hybridized carbons (Fsp3) is 0.400. The summed E-state index contributed by atoms with van der Waals surface area (Å²) in [6.07, 6.45) is 0.778. The minimum atomic E-state index is -0.588. The van der Waals surface area contributed by atoms with Crippen LogP contribution in [0.25, 0.3) is 0 Å². The largest absolute Gasteiger partial charge is 0.308 e.